The number of hydrogen-bond donors (Lipinski definition) is 4. The van der Waals surface area contributed by atoms with Gasteiger partial charge in [-0.05, 0) is 48.2 Å². The van der Waals surface area contributed by atoms with Gasteiger partial charge in [-0.1, -0.05) is 76.6 Å². The highest BCUT2D eigenvalue weighted by molar-refractivity contribution is 5.94. The summed E-state index contributed by atoms with van der Waals surface area (Å²) in [5.41, 5.74) is 1.60. The largest absolute Gasteiger partial charge is 0.483 e. The van der Waals surface area contributed by atoms with Crippen molar-refractivity contribution in [2.75, 3.05) is 7.05 Å². The summed E-state index contributed by atoms with van der Waals surface area (Å²) < 4.78 is 6.38. The Kier molecular flexibility index (Phi) is 9.85. The summed E-state index contributed by atoms with van der Waals surface area (Å²) in [7, 11) is 1.71. The molecule has 2 aromatic carbocycles. The van der Waals surface area contributed by atoms with Gasteiger partial charge in [-0.3, -0.25) is 14.4 Å². The van der Waals surface area contributed by atoms with Crippen LogP contribution < -0.4 is 26.0 Å². The molecule has 4 rings (SSSR count). The molecule has 4 N–H and O–H groups in total. The Hall–Kier alpha value is -3.65. The van der Waals surface area contributed by atoms with Crippen LogP contribution in [0.4, 0.5) is 0 Å². The lowest BCUT2D eigenvalue weighted by molar-refractivity contribution is -0.135. The first kappa shape index (κ1) is 27.9. The highest BCUT2D eigenvalue weighted by atomic mass is 16.5. The van der Waals surface area contributed by atoms with Crippen molar-refractivity contribution in [1.29, 1.82) is 0 Å². The zero-order chi connectivity index (χ0) is 26.9. The number of benzene rings is 2. The van der Waals surface area contributed by atoms with Crippen molar-refractivity contribution in [2.24, 2.45) is 11.8 Å². The zero-order valence-corrected chi connectivity index (χ0v) is 22.2. The molecule has 2 aliphatic rings. The lowest BCUT2D eigenvalue weighted by atomic mass is 9.95. The van der Waals surface area contributed by atoms with E-state index in [1.807, 2.05) is 70.2 Å². The van der Waals surface area contributed by atoms with Crippen LogP contribution in [0, 0.1) is 11.8 Å². The number of ether oxygens (including phenoxy) is 1. The third kappa shape index (κ3) is 7.20. The highest BCUT2D eigenvalue weighted by Crippen LogP contribution is 2.27. The lowest BCUT2D eigenvalue weighted by Gasteiger charge is -2.32. The monoisotopic (exact) mass is 506 g/mol. The van der Waals surface area contributed by atoms with Crippen molar-refractivity contribution in [2.45, 2.75) is 58.3 Å². The second-order valence-electron chi connectivity index (χ2n) is 9.73. The van der Waals surface area contributed by atoms with Gasteiger partial charge in [0, 0.05) is 6.20 Å². The molecule has 198 valence electrons. The van der Waals surface area contributed by atoms with Crippen LogP contribution in [0.2, 0.25) is 0 Å². The molecule has 5 atom stereocenters. The molecule has 0 radical (unpaired) electrons. The second kappa shape index (κ2) is 13.1. The summed E-state index contributed by atoms with van der Waals surface area (Å²) in [5, 5.41) is 11.6. The van der Waals surface area contributed by atoms with E-state index in [0.29, 0.717) is 17.7 Å². The van der Waals surface area contributed by atoms with Crippen molar-refractivity contribution < 1.29 is 19.1 Å². The van der Waals surface area contributed by atoms with E-state index in [9.17, 15) is 14.4 Å². The average molecular weight is 507 g/mol. The molecule has 37 heavy (non-hydrogen) atoms. The first-order valence-corrected chi connectivity index (χ1v) is 12.8. The predicted octanol–water partition coefficient (Wildman–Crippen LogP) is 3.17. The number of fused-ring (bicyclic) bond motifs is 10. The molecule has 2 heterocycles. The van der Waals surface area contributed by atoms with E-state index in [1.54, 1.807) is 31.5 Å². The first-order valence-electron chi connectivity index (χ1n) is 12.8. The first-order chi connectivity index (χ1) is 17.7. The summed E-state index contributed by atoms with van der Waals surface area (Å²) in [6.45, 7) is 7.72. The van der Waals surface area contributed by atoms with E-state index in [-0.39, 0.29) is 23.7 Å². The average Bonchev–Trinajstić information content (AvgIpc) is 2.89. The van der Waals surface area contributed by atoms with Gasteiger partial charge in [0.2, 0.25) is 17.7 Å². The molecule has 0 fully saturated rings. The summed E-state index contributed by atoms with van der Waals surface area (Å²) in [6.07, 6.45) is 3.18. The van der Waals surface area contributed by atoms with Crippen LogP contribution in [-0.2, 0) is 14.4 Å². The quantitative estimate of drug-likeness (QED) is 0.461. The Labute approximate surface area is 219 Å². The minimum Gasteiger partial charge on any atom is -0.483 e. The molecular weight excluding hydrogens is 468 g/mol. The molecule has 0 spiro atoms. The van der Waals surface area contributed by atoms with Gasteiger partial charge in [-0.25, -0.2) is 0 Å². The number of carbonyl (C=O) groups excluding carboxylic acids is 3. The molecule has 3 unspecified atom stereocenters. The fraction of sp³-hybridized carbons (Fsp3) is 0.414. The van der Waals surface area contributed by atoms with Gasteiger partial charge >= 0.3 is 0 Å². The van der Waals surface area contributed by atoms with Gasteiger partial charge in [-0.2, -0.15) is 0 Å². The number of hydrogen-bond acceptors (Lipinski definition) is 5. The third-order valence-corrected chi connectivity index (χ3v) is 6.71. The van der Waals surface area contributed by atoms with Crippen LogP contribution in [0.25, 0.3) is 6.08 Å². The Morgan fingerprint density at radius 2 is 1.68 bits per heavy atom. The standard InChI is InChI=1S/C29H38N4O4/c1-6-19(4)24-27(34)31-17-16-20-12-14-22(15-13-20)37-26(21-10-8-7-9-11-21)25(29(36)32-24)33-28(35)23(30-5)18(2)3/h7-19,23-26,30H,6H2,1-5H3,(H,31,34)(H,32,36)(H,33,35)/b17-16-/t19?,23?,24-,25?,26-/m0/s1. The summed E-state index contributed by atoms with van der Waals surface area (Å²) in [4.78, 5) is 40.3. The molecule has 3 amide bonds. The minimum atomic E-state index is -1.11. The predicted molar refractivity (Wildman–Crippen MR) is 144 cm³/mol. The topological polar surface area (TPSA) is 109 Å². The van der Waals surface area contributed by atoms with Gasteiger partial charge in [0.15, 0.2) is 6.10 Å². The Morgan fingerprint density at radius 3 is 2.27 bits per heavy atom. The number of rotatable bonds is 7. The van der Waals surface area contributed by atoms with E-state index in [4.69, 9.17) is 4.74 Å². The molecule has 0 saturated heterocycles. The smallest absolute Gasteiger partial charge is 0.247 e. The van der Waals surface area contributed by atoms with Crippen molar-refractivity contribution >= 4 is 23.8 Å². The van der Waals surface area contributed by atoms with Crippen LogP contribution in [-0.4, -0.2) is 42.9 Å². The maximum absolute atomic E-state index is 13.9. The molecule has 2 aliphatic heterocycles. The second-order valence-corrected chi connectivity index (χ2v) is 9.73. The number of amides is 3. The van der Waals surface area contributed by atoms with E-state index < -0.39 is 30.1 Å². The van der Waals surface area contributed by atoms with Crippen molar-refractivity contribution in [3.8, 4) is 5.75 Å². The summed E-state index contributed by atoms with van der Waals surface area (Å²) >= 11 is 0. The van der Waals surface area contributed by atoms with E-state index in [2.05, 4.69) is 21.3 Å². The molecule has 0 saturated carbocycles. The van der Waals surface area contributed by atoms with E-state index in [1.165, 1.54) is 0 Å². The van der Waals surface area contributed by atoms with Crippen molar-refractivity contribution in [3.63, 3.8) is 0 Å². The molecule has 2 bridgehead atoms. The fourth-order valence-corrected chi connectivity index (χ4v) is 4.32. The van der Waals surface area contributed by atoms with E-state index >= 15 is 0 Å². The van der Waals surface area contributed by atoms with Crippen LogP contribution in [0.5, 0.6) is 5.75 Å². The third-order valence-electron chi connectivity index (χ3n) is 6.71. The molecule has 0 aliphatic carbocycles. The van der Waals surface area contributed by atoms with Gasteiger partial charge < -0.3 is 26.0 Å². The minimum absolute atomic E-state index is 0.0133. The summed E-state index contributed by atoms with van der Waals surface area (Å²) in [6, 6.07) is 14.2. The zero-order valence-electron chi connectivity index (χ0n) is 22.2. The number of carbonyl (C=O) groups is 3. The van der Waals surface area contributed by atoms with Crippen LogP contribution in [0.15, 0.2) is 60.8 Å². The van der Waals surface area contributed by atoms with Crippen molar-refractivity contribution in [1.82, 2.24) is 21.3 Å². The van der Waals surface area contributed by atoms with E-state index in [0.717, 1.165) is 5.56 Å². The van der Waals surface area contributed by atoms with Gasteiger partial charge in [0.05, 0.1) is 6.04 Å². The molecular formula is C29H38N4O4. The number of nitrogens with one attached hydrogen (secondary N) is 4. The van der Waals surface area contributed by atoms with Gasteiger partial charge in [0.25, 0.3) is 0 Å². The molecule has 2 aromatic rings. The van der Waals surface area contributed by atoms with Crippen LogP contribution >= 0.6 is 0 Å². The molecule has 8 nitrogen and oxygen atoms in total. The van der Waals surface area contributed by atoms with Crippen LogP contribution in [0.1, 0.15) is 51.3 Å². The SMILES string of the molecule is CCC(C)[C@@H]1NC(=O)C(NC(=O)C(NC)C(C)C)[C@H](c2ccccc2)Oc2ccc(cc2)/C=C\NC1=O. The van der Waals surface area contributed by atoms with Gasteiger partial charge in [0.1, 0.15) is 17.8 Å². The summed E-state index contributed by atoms with van der Waals surface area (Å²) in [5.74, 6) is -0.765. The maximum Gasteiger partial charge on any atom is 0.247 e. The maximum atomic E-state index is 13.9. The lowest BCUT2D eigenvalue weighted by Crippen LogP contribution is -2.59. The van der Waals surface area contributed by atoms with Crippen molar-refractivity contribution in [3.05, 3.63) is 71.9 Å². The normalized spacial score (nSPS) is 22.7. The molecule has 0 aromatic heterocycles. The fourth-order valence-electron chi connectivity index (χ4n) is 4.32. The highest BCUT2D eigenvalue weighted by Gasteiger charge is 2.37. The Balaban J connectivity index is 2.11. The van der Waals surface area contributed by atoms with Crippen LogP contribution in [0.3, 0.4) is 0 Å². The Bertz CT molecular complexity index is 1080. The van der Waals surface area contributed by atoms with Gasteiger partial charge in [-0.15, -0.1) is 0 Å². The Morgan fingerprint density at radius 1 is 1.00 bits per heavy atom. The number of likely N-dealkylation sites (N-methyl/N-ethyl adjacent to an activating group) is 1. The molecule has 8 heteroatoms.